The molecule has 1 aliphatic carbocycles. The second-order valence-corrected chi connectivity index (χ2v) is 4.57. The van der Waals surface area contributed by atoms with Crippen LogP contribution in [0.25, 0.3) is 0 Å². The van der Waals surface area contributed by atoms with Crippen molar-refractivity contribution in [3.63, 3.8) is 0 Å². The van der Waals surface area contributed by atoms with Gasteiger partial charge >= 0.3 is 0 Å². The number of hydrogen-bond donors (Lipinski definition) is 1. The average molecular weight is 220 g/mol. The van der Waals surface area contributed by atoms with Crippen LogP contribution in [0.2, 0.25) is 0 Å². The van der Waals surface area contributed by atoms with E-state index >= 15 is 0 Å². The number of nitrogens with two attached hydrogens (primary N) is 1. The van der Waals surface area contributed by atoms with Crippen molar-refractivity contribution in [1.82, 2.24) is 4.98 Å². The fraction of sp³-hybridized carbons (Fsp3) is 0.615. The third kappa shape index (κ3) is 2.87. The molecule has 1 fully saturated rings. The molecule has 2 N–H and O–H groups in total. The number of rotatable bonds is 2. The fourth-order valence-corrected chi connectivity index (χ4v) is 2.20. The average Bonchev–Trinajstić information content (AvgIpc) is 2.51. The minimum Gasteiger partial charge on any atom is -0.487 e. The van der Waals surface area contributed by atoms with E-state index in [0.29, 0.717) is 11.9 Å². The Morgan fingerprint density at radius 2 is 1.88 bits per heavy atom. The smallest absolute Gasteiger partial charge is 0.166 e. The Morgan fingerprint density at radius 1 is 1.19 bits per heavy atom. The molecule has 0 saturated heterocycles. The van der Waals surface area contributed by atoms with E-state index in [2.05, 4.69) is 4.98 Å². The van der Waals surface area contributed by atoms with Crippen LogP contribution in [0.1, 0.15) is 44.2 Å². The number of aryl methyl sites for hydroxylation is 1. The number of pyridine rings is 1. The summed E-state index contributed by atoms with van der Waals surface area (Å²) in [6.07, 6.45) is 7.83. The van der Waals surface area contributed by atoms with Crippen LogP contribution < -0.4 is 10.5 Å². The van der Waals surface area contributed by atoms with E-state index in [1.165, 1.54) is 25.7 Å². The molecule has 0 aromatic carbocycles. The van der Waals surface area contributed by atoms with Gasteiger partial charge < -0.3 is 10.5 Å². The third-order valence-electron chi connectivity index (χ3n) is 3.12. The number of hydrogen-bond acceptors (Lipinski definition) is 3. The molecule has 0 spiro atoms. The molecule has 3 nitrogen and oxygen atoms in total. The maximum absolute atomic E-state index is 5.93. The predicted molar refractivity (Wildman–Crippen MR) is 65.5 cm³/mol. The molecule has 88 valence electrons. The maximum Gasteiger partial charge on any atom is 0.166 e. The summed E-state index contributed by atoms with van der Waals surface area (Å²) in [6.45, 7) is 1.94. The van der Waals surface area contributed by atoms with Gasteiger partial charge in [-0.2, -0.15) is 0 Å². The van der Waals surface area contributed by atoms with Crippen molar-refractivity contribution in [2.24, 2.45) is 0 Å². The Bertz CT molecular complexity index is 344. The summed E-state index contributed by atoms with van der Waals surface area (Å²) in [6, 6.07) is 3.88. The first-order valence-electron chi connectivity index (χ1n) is 6.15. The van der Waals surface area contributed by atoms with Crippen molar-refractivity contribution < 1.29 is 4.74 Å². The number of anilines is 1. The first kappa shape index (κ1) is 11.2. The van der Waals surface area contributed by atoms with E-state index in [1.54, 1.807) is 0 Å². The molecule has 1 aromatic rings. The molecule has 0 radical (unpaired) electrons. The third-order valence-corrected chi connectivity index (χ3v) is 3.12. The molecule has 3 heteroatoms. The van der Waals surface area contributed by atoms with E-state index in [4.69, 9.17) is 10.5 Å². The topological polar surface area (TPSA) is 48.1 Å². The van der Waals surface area contributed by atoms with E-state index in [0.717, 1.165) is 24.3 Å². The summed E-state index contributed by atoms with van der Waals surface area (Å²) >= 11 is 0. The highest BCUT2D eigenvalue weighted by atomic mass is 16.5. The molecule has 0 bridgehead atoms. The largest absolute Gasteiger partial charge is 0.487 e. The summed E-state index contributed by atoms with van der Waals surface area (Å²) in [5, 5.41) is 0. The van der Waals surface area contributed by atoms with Crippen LogP contribution in [0.15, 0.2) is 12.1 Å². The standard InChI is InChI=1S/C13H20N2O/c1-10-8-9-12(13(14)15-10)16-11-6-4-2-3-5-7-11/h8-9,11H,2-7H2,1H3,(H2,14,15). The molecule has 0 amide bonds. The zero-order valence-electron chi connectivity index (χ0n) is 9.91. The van der Waals surface area contributed by atoms with Gasteiger partial charge in [0.1, 0.15) is 0 Å². The lowest BCUT2D eigenvalue weighted by atomic mass is 10.1. The number of aromatic nitrogens is 1. The van der Waals surface area contributed by atoms with Crippen molar-refractivity contribution in [3.8, 4) is 5.75 Å². The highest BCUT2D eigenvalue weighted by Gasteiger charge is 2.15. The SMILES string of the molecule is Cc1ccc(OC2CCCCCC2)c(N)n1. The van der Waals surface area contributed by atoms with E-state index in [-0.39, 0.29) is 0 Å². The zero-order valence-corrected chi connectivity index (χ0v) is 9.91. The van der Waals surface area contributed by atoms with Crippen LogP contribution in [-0.4, -0.2) is 11.1 Å². The van der Waals surface area contributed by atoms with Crippen molar-refractivity contribution in [1.29, 1.82) is 0 Å². The number of ether oxygens (including phenoxy) is 1. The van der Waals surface area contributed by atoms with Gasteiger partial charge in [0.2, 0.25) is 0 Å². The predicted octanol–water partition coefficient (Wildman–Crippen LogP) is 3.07. The van der Waals surface area contributed by atoms with Gasteiger partial charge in [0.15, 0.2) is 11.6 Å². The van der Waals surface area contributed by atoms with Crippen LogP contribution in [-0.2, 0) is 0 Å². The Balaban J connectivity index is 2.01. The van der Waals surface area contributed by atoms with Gasteiger partial charge in [-0.3, -0.25) is 0 Å². The van der Waals surface area contributed by atoms with E-state index in [9.17, 15) is 0 Å². The molecular weight excluding hydrogens is 200 g/mol. The van der Waals surface area contributed by atoms with Gasteiger partial charge in [0, 0.05) is 5.69 Å². The highest BCUT2D eigenvalue weighted by molar-refractivity contribution is 5.46. The zero-order chi connectivity index (χ0) is 11.4. The van der Waals surface area contributed by atoms with Gasteiger partial charge in [-0.1, -0.05) is 12.8 Å². The van der Waals surface area contributed by atoms with Crippen LogP contribution in [0, 0.1) is 6.92 Å². The van der Waals surface area contributed by atoms with Crippen molar-refractivity contribution in [3.05, 3.63) is 17.8 Å². The molecular formula is C13H20N2O. The summed E-state index contributed by atoms with van der Waals surface area (Å²) in [5.41, 5.74) is 6.78. The van der Waals surface area contributed by atoms with E-state index < -0.39 is 0 Å². The van der Waals surface area contributed by atoms with Crippen molar-refractivity contribution >= 4 is 5.82 Å². The molecule has 1 heterocycles. The Kier molecular flexibility index (Phi) is 3.65. The lowest BCUT2D eigenvalue weighted by molar-refractivity contribution is 0.184. The number of nitrogens with zero attached hydrogens (tertiary/aromatic N) is 1. The number of nitrogen functional groups attached to an aromatic ring is 1. The van der Waals surface area contributed by atoms with E-state index in [1.807, 2.05) is 19.1 Å². The van der Waals surface area contributed by atoms with Crippen molar-refractivity contribution in [2.75, 3.05) is 5.73 Å². The minimum absolute atomic E-state index is 0.328. The van der Waals surface area contributed by atoms with Crippen LogP contribution in [0.3, 0.4) is 0 Å². The minimum atomic E-state index is 0.328. The van der Waals surface area contributed by atoms with Crippen LogP contribution in [0.4, 0.5) is 5.82 Å². The lowest BCUT2D eigenvalue weighted by Gasteiger charge is -2.17. The van der Waals surface area contributed by atoms with Gasteiger partial charge in [-0.15, -0.1) is 0 Å². The molecule has 0 unspecified atom stereocenters. The summed E-state index contributed by atoms with van der Waals surface area (Å²) in [7, 11) is 0. The first-order chi connectivity index (χ1) is 7.75. The highest BCUT2D eigenvalue weighted by Crippen LogP contribution is 2.25. The molecule has 1 aromatic heterocycles. The molecule has 0 aliphatic heterocycles. The second kappa shape index (κ2) is 5.19. The second-order valence-electron chi connectivity index (χ2n) is 4.57. The van der Waals surface area contributed by atoms with Gasteiger partial charge in [-0.05, 0) is 44.7 Å². The quantitative estimate of drug-likeness (QED) is 0.779. The maximum atomic E-state index is 5.93. The van der Waals surface area contributed by atoms with Gasteiger partial charge in [0.25, 0.3) is 0 Å². The van der Waals surface area contributed by atoms with Crippen LogP contribution in [0.5, 0.6) is 5.75 Å². The molecule has 16 heavy (non-hydrogen) atoms. The Morgan fingerprint density at radius 3 is 2.50 bits per heavy atom. The first-order valence-corrected chi connectivity index (χ1v) is 6.15. The van der Waals surface area contributed by atoms with Gasteiger partial charge in [-0.25, -0.2) is 4.98 Å². The normalized spacial score (nSPS) is 18.1. The van der Waals surface area contributed by atoms with Crippen molar-refractivity contribution in [2.45, 2.75) is 51.6 Å². The fourth-order valence-electron chi connectivity index (χ4n) is 2.20. The summed E-state index contributed by atoms with van der Waals surface area (Å²) < 4.78 is 5.93. The molecule has 1 aliphatic rings. The lowest BCUT2D eigenvalue weighted by Crippen LogP contribution is -2.16. The molecule has 2 rings (SSSR count). The molecule has 1 saturated carbocycles. The summed E-state index contributed by atoms with van der Waals surface area (Å²) in [5.74, 6) is 1.27. The summed E-state index contributed by atoms with van der Waals surface area (Å²) in [4.78, 5) is 4.22. The Labute approximate surface area is 97.0 Å². The molecule has 0 atom stereocenters. The Hall–Kier alpha value is -1.25. The monoisotopic (exact) mass is 220 g/mol. The van der Waals surface area contributed by atoms with Crippen LogP contribution >= 0.6 is 0 Å². The van der Waals surface area contributed by atoms with Gasteiger partial charge in [0.05, 0.1) is 6.10 Å².